The predicted molar refractivity (Wildman–Crippen MR) is 107 cm³/mol. The lowest BCUT2D eigenvalue weighted by Crippen LogP contribution is -2.44. The first-order valence-corrected chi connectivity index (χ1v) is 11.2. The zero-order valence-corrected chi connectivity index (χ0v) is 17.6. The van der Waals surface area contributed by atoms with E-state index < -0.39 is 12.5 Å². The molecule has 2 saturated carbocycles. The van der Waals surface area contributed by atoms with Crippen LogP contribution in [0, 0.1) is 28.6 Å². The lowest BCUT2D eigenvalue weighted by Gasteiger charge is -2.53. The summed E-state index contributed by atoms with van der Waals surface area (Å²) in [5, 5.41) is 19.1. The Kier molecular flexibility index (Phi) is 5.06. The third-order valence-electron chi connectivity index (χ3n) is 9.04. The van der Waals surface area contributed by atoms with Crippen molar-refractivity contribution in [1.82, 2.24) is 0 Å². The van der Waals surface area contributed by atoms with E-state index in [-0.39, 0.29) is 35.2 Å². The molecular formula is C24H36F2O2. The van der Waals surface area contributed by atoms with E-state index in [0.29, 0.717) is 5.92 Å². The Morgan fingerprint density at radius 3 is 2.61 bits per heavy atom. The minimum atomic E-state index is -2.97. The smallest absolute Gasteiger partial charge is 0.270 e. The van der Waals surface area contributed by atoms with Gasteiger partial charge in [-0.25, -0.2) is 8.78 Å². The molecule has 2 fully saturated rings. The number of halogens is 2. The molecule has 4 heteroatoms. The van der Waals surface area contributed by atoms with E-state index in [4.69, 9.17) is 5.11 Å². The van der Waals surface area contributed by atoms with Gasteiger partial charge in [0.25, 0.3) is 5.92 Å². The van der Waals surface area contributed by atoms with Crippen LogP contribution >= 0.6 is 0 Å². The summed E-state index contributed by atoms with van der Waals surface area (Å²) in [4.78, 5) is 0. The van der Waals surface area contributed by atoms with Crippen LogP contribution in [0.3, 0.4) is 0 Å². The molecule has 28 heavy (non-hydrogen) atoms. The van der Waals surface area contributed by atoms with E-state index in [2.05, 4.69) is 19.9 Å². The molecule has 2 N–H and O–H groups in total. The van der Waals surface area contributed by atoms with E-state index >= 15 is 0 Å². The highest BCUT2D eigenvalue weighted by molar-refractivity contribution is 5.40. The van der Waals surface area contributed by atoms with Crippen LogP contribution in [0.4, 0.5) is 8.78 Å². The number of hydrogen-bond donors (Lipinski definition) is 2. The molecule has 0 radical (unpaired) electrons. The molecule has 0 aliphatic heterocycles. The first kappa shape index (κ1) is 20.5. The van der Waals surface area contributed by atoms with E-state index in [1.54, 1.807) is 11.1 Å². The number of alkyl halides is 2. The summed E-state index contributed by atoms with van der Waals surface area (Å²) >= 11 is 0. The van der Waals surface area contributed by atoms with Crippen LogP contribution < -0.4 is 0 Å². The highest BCUT2D eigenvalue weighted by Crippen LogP contribution is 2.64. The van der Waals surface area contributed by atoms with Crippen molar-refractivity contribution in [3.8, 4) is 0 Å². The van der Waals surface area contributed by atoms with Crippen molar-refractivity contribution in [2.24, 2.45) is 28.6 Å². The van der Waals surface area contributed by atoms with Crippen molar-refractivity contribution in [2.75, 3.05) is 6.61 Å². The van der Waals surface area contributed by atoms with Gasteiger partial charge in [-0.1, -0.05) is 43.6 Å². The van der Waals surface area contributed by atoms with Crippen molar-refractivity contribution >= 4 is 0 Å². The minimum Gasteiger partial charge on any atom is -0.393 e. The highest BCUT2D eigenvalue weighted by atomic mass is 19.3. The molecule has 158 valence electrons. The van der Waals surface area contributed by atoms with Crippen LogP contribution in [0.1, 0.15) is 78.6 Å². The third-order valence-corrected chi connectivity index (χ3v) is 9.04. The molecule has 0 amide bonds. The van der Waals surface area contributed by atoms with Crippen LogP contribution in [-0.2, 0) is 0 Å². The fourth-order valence-electron chi connectivity index (χ4n) is 7.54. The van der Waals surface area contributed by atoms with Gasteiger partial charge in [-0.3, -0.25) is 0 Å². The molecule has 0 aromatic carbocycles. The molecule has 0 saturated heterocycles. The van der Waals surface area contributed by atoms with Gasteiger partial charge in [0.05, 0.1) is 6.10 Å². The number of fused-ring (bicyclic) bond motifs is 4. The van der Waals surface area contributed by atoms with E-state index in [0.717, 1.165) is 51.4 Å². The molecule has 4 aliphatic carbocycles. The maximum atomic E-state index is 13.9. The molecule has 0 aromatic heterocycles. The summed E-state index contributed by atoms with van der Waals surface area (Å²) in [6.07, 6.45) is 10.00. The van der Waals surface area contributed by atoms with Crippen molar-refractivity contribution in [2.45, 2.75) is 90.6 Å². The van der Waals surface area contributed by atoms with Gasteiger partial charge in [-0.15, -0.1) is 0 Å². The first-order valence-electron chi connectivity index (χ1n) is 11.2. The zero-order valence-electron chi connectivity index (χ0n) is 17.6. The van der Waals surface area contributed by atoms with Gasteiger partial charge in [0.15, 0.2) is 0 Å². The highest BCUT2D eigenvalue weighted by Gasteiger charge is 2.54. The Hall–Kier alpha value is -0.740. The van der Waals surface area contributed by atoms with E-state index in [1.165, 1.54) is 5.57 Å². The molecule has 0 bridgehead atoms. The molecular weight excluding hydrogens is 358 g/mol. The number of allylic oxidation sites excluding steroid dienone is 3. The largest absolute Gasteiger partial charge is 0.393 e. The normalized spacial score (nSPS) is 41.8. The molecule has 4 aliphatic rings. The van der Waals surface area contributed by atoms with Crippen molar-refractivity contribution in [3.05, 3.63) is 22.8 Å². The van der Waals surface area contributed by atoms with Crippen LogP contribution in [0.5, 0.6) is 0 Å². The summed E-state index contributed by atoms with van der Waals surface area (Å²) < 4.78 is 27.7. The first-order chi connectivity index (χ1) is 13.1. The monoisotopic (exact) mass is 394 g/mol. The molecule has 4 rings (SSSR count). The van der Waals surface area contributed by atoms with E-state index in [9.17, 15) is 13.9 Å². The molecule has 2 nitrogen and oxygen atoms in total. The van der Waals surface area contributed by atoms with Crippen LogP contribution in [0.2, 0.25) is 0 Å². The third kappa shape index (κ3) is 3.10. The van der Waals surface area contributed by atoms with Crippen molar-refractivity contribution < 1.29 is 19.0 Å². The summed E-state index contributed by atoms with van der Waals surface area (Å²) in [7, 11) is 0. The predicted octanol–water partition coefficient (Wildman–Crippen LogP) is 5.64. The second kappa shape index (κ2) is 6.91. The second-order valence-corrected chi connectivity index (χ2v) is 10.6. The zero-order chi connectivity index (χ0) is 20.3. The molecule has 0 spiro atoms. The Labute approximate surface area is 168 Å². The quantitative estimate of drug-likeness (QED) is 0.606. The Morgan fingerprint density at radius 2 is 1.89 bits per heavy atom. The van der Waals surface area contributed by atoms with Crippen LogP contribution in [0.15, 0.2) is 22.8 Å². The number of hydrogen-bond acceptors (Lipinski definition) is 2. The Balaban J connectivity index is 1.64. The van der Waals surface area contributed by atoms with Gasteiger partial charge in [0, 0.05) is 6.42 Å². The second-order valence-electron chi connectivity index (χ2n) is 10.6. The number of aliphatic hydroxyl groups is 2. The SMILES string of the molecule is C[C@H](CC(F)(F)CO)C1CCC2=C3CC=C4C[C@@H](O)CCC4(C)C3CC[C@@]21C. The minimum absolute atomic E-state index is 0.0344. The topological polar surface area (TPSA) is 40.5 Å². The Morgan fingerprint density at radius 1 is 1.18 bits per heavy atom. The van der Waals surface area contributed by atoms with Crippen LogP contribution in [0.25, 0.3) is 0 Å². The van der Waals surface area contributed by atoms with Gasteiger partial charge in [-0.2, -0.15) is 0 Å². The summed E-state index contributed by atoms with van der Waals surface area (Å²) in [5.74, 6) is -2.21. The number of rotatable bonds is 4. The average Bonchev–Trinajstić information content (AvgIpc) is 2.99. The average molecular weight is 395 g/mol. The van der Waals surface area contributed by atoms with Crippen molar-refractivity contribution in [1.29, 1.82) is 0 Å². The Bertz CT molecular complexity index is 697. The maximum absolute atomic E-state index is 13.9. The van der Waals surface area contributed by atoms with E-state index in [1.807, 2.05) is 6.92 Å². The van der Waals surface area contributed by atoms with Crippen molar-refractivity contribution in [3.63, 3.8) is 0 Å². The lowest BCUT2D eigenvalue weighted by atomic mass is 9.52. The molecule has 6 atom stereocenters. The number of aliphatic hydroxyl groups excluding tert-OH is 2. The summed E-state index contributed by atoms with van der Waals surface area (Å²) in [6, 6.07) is 0. The fourth-order valence-corrected chi connectivity index (χ4v) is 7.54. The maximum Gasteiger partial charge on any atom is 0.270 e. The van der Waals surface area contributed by atoms with Gasteiger partial charge >= 0.3 is 0 Å². The summed E-state index contributed by atoms with van der Waals surface area (Å²) in [6.45, 7) is 5.63. The molecule has 3 unspecified atom stereocenters. The van der Waals surface area contributed by atoms with Gasteiger partial charge in [0.1, 0.15) is 6.61 Å². The van der Waals surface area contributed by atoms with Gasteiger partial charge < -0.3 is 10.2 Å². The standard InChI is InChI=1S/C24H36F2O2/c1-15(13-24(25,26)14-27)19-6-7-20-18-5-4-16-12-17(28)8-10-22(16,2)21(18)9-11-23(19,20)3/h4,15,17,19,21,27-28H,5-14H2,1-3H3/t15-,17+,19?,21?,22?,23-/m1/s1. The van der Waals surface area contributed by atoms with Gasteiger partial charge in [0.2, 0.25) is 0 Å². The lowest BCUT2D eigenvalue weighted by molar-refractivity contribution is -0.0758. The van der Waals surface area contributed by atoms with Gasteiger partial charge in [-0.05, 0) is 80.0 Å². The fraction of sp³-hybridized carbons (Fsp3) is 0.833. The molecule has 0 heterocycles. The molecule has 0 aromatic rings. The summed E-state index contributed by atoms with van der Waals surface area (Å²) in [5.41, 5.74) is 4.83. The van der Waals surface area contributed by atoms with Crippen LogP contribution in [-0.4, -0.2) is 28.8 Å².